The summed E-state index contributed by atoms with van der Waals surface area (Å²) in [5.74, 6) is -1.98. The van der Waals surface area contributed by atoms with E-state index in [4.69, 9.17) is 4.74 Å². The minimum atomic E-state index is -0.656. The van der Waals surface area contributed by atoms with Crippen LogP contribution in [0.25, 0.3) is 0 Å². The van der Waals surface area contributed by atoms with Gasteiger partial charge in [0.25, 0.3) is 5.91 Å². The molecule has 0 aliphatic carbocycles. The molecule has 130 valence electrons. The van der Waals surface area contributed by atoms with E-state index < -0.39 is 24.3 Å². The number of nitrogens with zero attached hydrogens (tertiary/aromatic N) is 1. The number of benzene rings is 1. The van der Waals surface area contributed by atoms with Crippen LogP contribution in [0.5, 0.6) is 0 Å². The van der Waals surface area contributed by atoms with Crippen LogP contribution >= 0.6 is 15.9 Å². The topological polar surface area (TPSA) is 75.7 Å². The molecule has 1 saturated heterocycles. The van der Waals surface area contributed by atoms with Gasteiger partial charge in [0.2, 0.25) is 5.91 Å². The molecule has 0 atom stereocenters. The van der Waals surface area contributed by atoms with E-state index >= 15 is 0 Å². The summed E-state index contributed by atoms with van der Waals surface area (Å²) >= 11 is 3.12. The average Bonchev–Trinajstić information content (AvgIpc) is 2.73. The fraction of sp³-hybridized carbons (Fsp3) is 0.438. The Morgan fingerprint density at radius 3 is 2.83 bits per heavy atom. The molecule has 0 saturated carbocycles. The predicted molar refractivity (Wildman–Crippen MR) is 88.7 cm³/mol. The molecule has 1 fully saturated rings. The zero-order chi connectivity index (χ0) is 17.5. The van der Waals surface area contributed by atoms with Crippen molar-refractivity contribution in [3.63, 3.8) is 0 Å². The van der Waals surface area contributed by atoms with Gasteiger partial charge >= 0.3 is 5.97 Å². The van der Waals surface area contributed by atoms with Crippen LogP contribution in [0.2, 0.25) is 0 Å². The summed E-state index contributed by atoms with van der Waals surface area (Å²) in [6, 6.07) is 4.19. The molecule has 1 heterocycles. The Bertz CT molecular complexity index is 639. The normalized spacial score (nSPS) is 14.9. The van der Waals surface area contributed by atoms with E-state index in [1.807, 2.05) is 0 Å². The number of carbonyl (C=O) groups is 3. The van der Waals surface area contributed by atoms with Crippen molar-refractivity contribution < 1.29 is 23.5 Å². The van der Waals surface area contributed by atoms with Gasteiger partial charge in [-0.05, 0) is 31.0 Å². The van der Waals surface area contributed by atoms with Crippen molar-refractivity contribution in [3.8, 4) is 0 Å². The van der Waals surface area contributed by atoms with Gasteiger partial charge in [-0.15, -0.1) is 0 Å². The molecule has 0 aromatic heterocycles. The third-order valence-electron chi connectivity index (χ3n) is 3.56. The monoisotopic (exact) mass is 400 g/mol. The number of nitrogens with one attached hydrogen (secondary N) is 1. The lowest BCUT2D eigenvalue weighted by Crippen LogP contribution is -2.36. The fourth-order valence-electron chi connectivity index (χ4n) is 2.33. The minimum absolute atomic E-state index is 0.00180. The molecule has 1 aromatic rings. The number of anilines is 1. The van der Waals surface area contributed by atoms with Gasteiger partial charge < -0.3 is 15.0 Å². The van der Waals surface area contributed by atoms with Crippen LogP contribution in [-0.2, 0) is 19.1 Å². The highest BCUT2D eigenvalue weighted by Crippen LogP contribution is 2.19. The standard InChI is InChI=1S/C16H18BrFN2O4/c17-11-5-6-13(12(18)8-11)19-14(21)10-24-16(23)9-20-7-3-1-2-4-15(20)22/h5-6,8H,1-4,7,9-10H2,(H,19,21). The molecule has 0 radical (unpaired) electrons. The van der Waals surface area contributed by atoms with Gasteiger partial charge in [0.15, 0.2) is 6.61 Å². The molecular formula is C16H18BrFN2O4. The lowest BCUT2D eigenvalue weighted by Gasteiger charge is -2.19. The van der Waals surface area contributed by atoms with Crippen molar-refractivity contribution in [2.24, 2.45) is 0 Å². The smallest absolute Gasteiger partial charge is 0.326 e. The number of esters is 1. The maximum atomic E-state index is 13.6. The maximum absolute atomic E-state index is 13.6. The Kier molecular flexibility index (Phi) is 6.72. The Morgan fingerprint density at radius 2 is 2.08 bits per heavy atom. The minimum Gasteiger partial charge on any atom is -0.454 e. The molecule has 1 aliphatic rings. The largest absolute Gasteiger partial charge is 0.454 e. The van der Waals surface area contributed by atoms with E-state index in [9.17, 15) is 18.8 Å². The van der Waals surface area contributed by atoms with Crippen molar-refractivity contribution in [3.05, 3.63) is 28.5 Å². The molecule has 24 heavy (non-hydrogen) atoms. The lowest BCUT2D eigenvalue weighted by molar-refractivity contribution is -0.151. The van der Waals surface area contributed by atoms with Crippen molar-refractivity contribution in [2.45, 2.75) is 25.7 Å². The molecule has 1 N–H and O–H groups in total. The molecule has 6 nitrogen and oxygen atoms in total. The van der Waals surface area contributed by atoms with E-state index in [0.29, 0.717) is 17.4 Å². The van der Waals surface area contributed by atoms with Crippen LogP contribution in [-0.4, -0.2) is 42.4 Å². The first-order valence-electron chi connectivity index (χ1n) is 7.64. The molecule has 0 unspecified atom stereocenters. The summed E-state index contributed by atoms with van der Waals surface area (Å²) in [7, 11) is 0. The van der Waals surface area contributed by atoms with Crippen molar-refractivity contribution >= 4 is 39.4 Å². The van der Waals surface area contributed by atoms with Crippen molar-refractivity contribution in [1.29, 1.82) is 0 Å². The van der Waals surface area contributed by atoms with Gasteiger partial charge in [-0.25, -0.2) is 4.39 Å². The molecular weight excluding hydrogens is 383 g/mol. The van der Waals surface area contributed by atoms with Gasteiger partial charge in [0.05, 0.1) is 5.69 Å². The summed E-state index contributed by atoms with van der Waals surface area (Å²) in [4.78, 5) is 36.7. The molecule has 8 heteroatoms. The van der Waals surface area contributed by atoms with Crippen molar-refractivity contribution in [2.75, 3.05) is 25.0 Å². The van der Waals surface area contributed by atoms with E-state index in [0.717, 1.165) is 19.3 Å². The molecule has 0 bridgehead atoms. The van der Waals surface area contributed by atoms with Gasteiger partial charge in [0, 0.05) is 17.4 Å². The summed E-state index contributed by atoms with van der Waals surface area (Å²) in [6.07, 6.45) is 3.06. The highest BCUT2D eigenvalue weighted by atomic mass is 79.9. The van der Waals surface area contributed by atoms with Gasteiger partial charge in [-0.3, -0.25) is 14.4 Å². The van der Waals surface area contributed by atoms with Crippen molar-refractivity contribution in [1.82, 2.24) is 4.90 Å². The molecule has 0 spiro atoms. The molecule has 1 aliphatic heterocycles. The van der Waals surface area contributed by atoms with Crippen LogP contribution < -0.4 is 5.32 Å². The van der Waals surface area contributed by atoms with E-state index in [1.54, 1.807) is 6.07 Å². The third kappa shape index (κ3) is 5.59. The summed E-state index contributed by atoms with van der Waals surface area (Å²) in [6.45, 7) is -0.181. The number of rotatable bonds is 5. The van der Waals surface area contributed by atoms with Crippen LogP contribution in [0.3, 0.4) is 0 Å². The number of halogens is 2. The number of carbonyl (C=O) groups excluding carboxylic acids is 3. The third-order valence-corrected chi connectivity index (χ3v) is 4.05. The first-order valence-corrected chi connectivity index (χ1v) is 8.43. The first-order chi connectivity index (χ1) is 11.5. The summed E-state index contributed by atoms with van der Waals surface area (Å²) < 4.78 is 19.0. The summed E-state index contributed by atoms with van der Waals surface area (Å²) in [5, 5.41) is 2.32. The van der Waals surface area contributed by atoms with Crippen LogP contribution in [0.4, 0.5) is 10.1 Å². The maximum Gasteiger partial charge on any atom is 0.326 e. The Labute approximate surface area is 147 Å². The Morgan fingerprint density at radius 1 is 1.29 bits per heavy atom. The average molecular weight is 401 g/mol. The van der Waals surface area contributed by atoms with Gasteiger partial charge in [-0.2, -0.15) is 0 Å². The number of hydrogen-bond acceptors (Lipinski definition) is 4. The quantitative estimate of drug-likeness (QED) is 0.770. The zero-order valence-electron chi connectivity index (χ0n) is 13.0. The molecule has 1 aromatic carbocycles. The van der Waals surface area contributed by atoms with E-state index in [1.165, 1.54) is 17.0 Å². The Hall–Kier alpha value is -1.96. The second-order valence-electron chi connectivity index (χ2n) is 5.46. The molecule has 2 amide bonds. The SMILES string of the molecule is O=C(COC(=O)CN1CCCCCC1=O)Nc1ccc(Br)cc1F. The van der Waals surface area contributed by atoms with Crippen LogP contribution in [0.15, 0.2) is 22.7 Å². The van der Waals surface area contributed by atoms with E-state index in [2.05, 4.69) is 21.2 Å². The highest BCUT2D eigenvalue weighted by Gasteiger charge is 2.20. The highest BCUT2D eigenvalue weighted by molar-refractivity contribution is 9.10. The zero-order valence-corrected chi connectivity index (χ0v) is 14.6. The fourth-order valence-corrected chi connectivity index (χ4v) is 2.66. The van der Waals surface area contributed by atoms with Gasteiger partial charge in [0.1, 0.15) is 12.4 Å². The second kappa shape index (κ2) is 8.77. The lowest BCUT2D eigenvalue weighted by atomic mass is 10.2. The number of ether oxygens (including phenoxy) is 1. The number of hydrogen-bond donors (Lipinski definition) is 1. The second-order valence-corrected chi connectivity index (χ2v) is 6.37. The van der Waals surface area contributed by atoms with Crippen LogP contribution in [0, 0.1) is 5.82 Å². The van der Waals surface area contributed by atoms with Gasteiger partial charge in [-0.1, -0.05) is 22.4 Å². The van der Waals surface area contributed by atoms with E-state index in [-0.39, 0.29) is 18.1 Å². The summed E-state index contributed by atoms with van der Waals surface area (Å²) in [5.41, 5.74) is 0.00180. The molecule has 2 rings (SSSR count). The predicted octanol–water partition coefficient (Wildman–Crippen LogP) is 2.47. The van der Waals surface area contributed by atoms with Crippen LogP contribution in [0.1, 0.15) is 25.7 Å². The Balaban J connectivity index is 1.78. The first kappa shape index (κ1) is 18.4. The number of amides is 2. The number of likely N-dealkylation sites (tertiary alicyclic amines) is 1.